The van der Waals surface area contributed by atoms with Crippen LogP contribution in [-0.4, -0.2) is 29.1 Å². The van der Waals surface area contributed by atoms with Crippen molar-refractivity contribution in [2.45, 2.75) is 33.2 Å². The summed E-state index contributed by atoms with van der Waals surface area (Å²) in [6.45, 7) is 7.86. The number of aromatic hydroxyl groups is 1. The Bertz CT molecular complexity index is 1000. The zero-order chi connectivity index (χ0) is 21.0. The number of hydrogen-bond acceptors (Lipinski definition) is 4. The SMILES string of the molecule is CCC(=O)NC(c1ccc(N(CC)CC)cc1)c1cc(Cl)c2cccnc2c1O. The molecular formula is C23H26ClN3O2. The van der Waals surface area contributed by atoms with E-state index in [0.29, 0.717) is 27.9 Å². The third-order valence-corrected chi connectivity index (χ3v) is 5.45. The van der Waals surface area contributed by atoms with Gasteiger partial charge in [0.25, 0.3) is 0 Å². The Morgan fingerprint density at radius 1 is 1.17 bits per heavy atom. The number of phenolic OH excluding ortho intramolecular Hbond substituents is 1. The van der Waals surface area contributed by atoms with E-state index < -0.39 is 6.04 Å². The van der Waals surface area contributed by atoms with E-state index in [2.05, 4.69) is 29.0 Å². The van der Waals surface area contributed by atoms with Gasteiger partial charge in [0.2, 0.25) is 5.91 Å². The number of halogens is 1. The summed E-state index contributed by atoms with van der Waals surface area (Å²) < 4.78 is 0. The molecule has 1 atom stereocenters. The largest absolute Gasteiger partial charge is 0.505 e. The van der Waals surface area contributed by atoms with E-state index in [1.807, 2.05) is 30.3 Å². The number of aromatic nitrogens is 1. The van der Waals surface area contributed by atoms with Gasteiger partial charge in [0.1, 0.15) is 11.3 Å². The van der Waals surface area contributed by atoms with Crippen LogP contribution in [0.5, 0.6) is 5.75 Å². The van der Waals surface area contributed by atoms with Gasteiger partial charge in [0.15, 0.2) is 0 Å². The van der Waals surface area contributed by atoms with Crippen LogP contribution in [-0.2, 0) is 4.79 Å². The number of anilines is 1. The maximum Gasteiger partial charge on any atom is 0.220 e. The Labute approximate surface area is 176 Å². The average Bonchev–Trinajstić information content (AvgIpc) is 2.76. The van der Waals surface area contributed by atoms with Gasteiger partial charge in [-0.25, -0.2) is 0 Å². The molecule has 5 nitrogen and oxygen atoms in total. The van der Waals surface area contributed by atoms with Gasteiger partial charge in [-0.15, -0.1) is 0 Å². The first kappa shape index (κ1) is 20.9. The fourth-order valence-corrected chi connectivity index (χ4v) is 3.77. The Morgan fingerprint density at radius 2 is 1.86 bits per heavy atom. The molecule has 0 radical (unpaired) electrons. The van der Waals surface area contributed by atoms with E-state index in [1.165, 1.54) is 0 Å². The molecule has 152 valence electrons. The summed E-state index contributed by atoms with van der Waals surface area (Å²) in [7, 11) is 0. The highest BCUT2D eigenvalue weighted by Crippen LogP contribution is 2.38. The summed E-state index contributed by atoms with van der Waals surface area (Å²) in [4.78, 5) is 18.8. The van der Waals surface area contributed by atoms with Crippen molar-refractivity contribution < 1.29 is 9.90 Å². The Hall–Kier alpha value is -2.79. The van der Waals surface area contributed by atoms with Gasteiger partial charge in [-0.2, -0.15) is 0 Å². The lowest BCUT2D eigenvalue weighted by Gasteiger charge is -2.24. The zero-order valence-corrected chi connectivity index (χ0v) is 17.7. The summed E-state index contributed by atoms with van der Waals surface area (Å²) in [6.07, 6.45) is 1.95. The van der Waals surface area contributed by atoms with Gasteiger partial charge in [-0.05, 0) is 49.7 Å². The summed E-state index contributed by atoms with van der Waals surface area (Å²) in [5.74, 6) is -0.0846. The highest BCUT2D eigenvalue weighted by Gasteiger charge is 2.23. The first-order valence-corrected chi connectivity index (χ1v) is 10.3. The van der Waals surface area contributed by atoms with Crippen molar-refractivity contribution >= 4 is 34.1 Å². The molecule has 0 aliphatic carbocycles. The van der Waals surface area contributed by atoms with E-state index in [4.69, 9.17) is 11.6 Å². The van der Waals surface area contributed by atoms with Crippen LogP contribution in [0, 0.1) is 0 Å². The molecule has 6 heteroatoms. The van der Waals surface area contributed by atoms with Crippen molar-refractivity contribution in [3.05, 3.63) is 64.8 Å². The lowest BCUT2D eigenvalue weighted by molar-refractivity contribution is -0.121. The minimum absolute atomic E-state index is 0.0271. The maximum atomic E-state index is 12.2. The van der Waals surface area contributed by atoms with Gasteiger partial charge >= 0.3 is 0 Å². The number of rotatable bonds is 7. The fourth-order valence-electron chi connectivity index (χ4n) is 3.50. The van der Waals surface area contributed by atoms with E-state index >= 15 is 0 Å². The van der Waals surface area contributed by atoms with Crippen molar-refractivity contribution in [1.29, 1.82) is 0 Å². The fraction of sp³-hybridized carbons (Fsp3) is 0.304. The lowest BCUT2D eigenvalue weighted by atomic mass is 9.95. The second-order valence-corrected chi connectivity index (χ2v) is 7.22. The topological polar surface area (TPSA) is 65.5 Å². The van der Waals surface area contributed by atoms with Gasteiger partial charge in [-0.3, -0.25) is 9.78 Å². The Balaban J connectivity index is 2.10. The summed E-state index contributed by atoms with van der Waals surface area (Å²) in [5.41, 5.74) is 2.93. The molecule has 1 amide bonds. The minimum Gasteiger partial charge on any atom is -0.505 e. The molecule has 1 heterocycles. The standard InChI is InChI=1S/C23H26ClN3O2/c1-4-20(28)26-21(15-9-11-16(12-10-15)27(5-2)6-3)18-14-19(24)17-8-7-13-25-22(17)23(18)29/h7-14,21,29H,4-6H2,1-3H3,(H,26,28). The molecule has 0 bridgehead atoms. The van der Waals surface area contributed by atoms with Crippen LogP contribution in [0.15, 0.2) is 48.7 Å². The smallest absolute Gasteiger partial charge is 0.220 e. The first-order chi connectivity index (χ1) is 14.0. The summed E-state index contributed by atoms with van der Waals surface area (Å²) >= 11 is 6.47. The van der Waals surface area contributed by atoms with Gasteiger partial charge in [0, 0.05) is 42.3 Å². The van der Waals surface area contributed by atoms with E-state index in [-0.39, 0.29) is 11.7 Å². The minimum atomic E-state index is -0.530. The monoisotopic (exact) mass is 411 g/mol. The number of benzene rings is 2. The van der Waals surface area contributed by atoms with E-state index in [9.17, 15) is 9.90 Å². The van der Waals surface area contributed by atoms with Crippen molar-refractivity contribution in [2.24, 2.45) is 0 Å². The quantitative estimate of drug-likeness (QED) is 0.570. The third kappa shape index (κ3) is 4.30. The highest BCUT2D eigenvalue weighted by atomic mass is 35.5. The van der Waals surface area contributed by atoms with Crippen LogP contribution in [0.4, 0.5) is 5.69 Å². The maximum absolute atomic E-state index is 12.2. The number of fused-ring (bicyclic) bond motifs is 1. The summed E-state index contributed by atoms with van der Waals surface area (Å²) in [6, 6.07) is 12.8. The number of pyridine rings is 1. The normalized spacial score (nSPS) is 12.0. The van der Waals surface area contributed by atoms with Gasteiger partial charge in [0.05, 0.1) is 11.1 Å². The first-order valence-electron chi connectivity index (χ1n) is 9.90. The molecule has 0 saturated carbocycles. The molecular weight excluding hydrogens is 386 g/mol. The van der Waals surface area contributed by atoms with Crippen molar-refractivity contribution in [3.8, 4) is 5.75 Å². The highest BCUT2D eigenvalue weighted by molar-refractivity contribution is 6.35. The predicted molar refractivity (Wildman–Crippen MR) is 119 cm³/mol. The van der Waals surface area contributed by atoms with Crippen LogP contribution in [0.25, 0.3) is 10.9 Å². The molecule has 29 heavy (non-hydrogen) atoms. The molecule has 1 unspecified atom stereocenters. The van der Waals surface area contributed by atoms with Crippen LogP contribution in [0.3, 0.4) is 0 Å². The van der Waals surface area contributed by atoms with Crippen LogP contribution >= 0.6 is 11.6 Å². The molecule has 0 aliphatic rings. The molecule has 2 N–H and O–H groups in total. The molecule has 0 aliphatic heterocycles. The zero-order valence-electron chi connectivity index (χ0n) is 16.9. The molecule has 0 fully saturated rings. The number of hydrogen-bond donors (Lipinski definition) is 2. The van der Waals surface area contributed by atoms with Crippen LogP contribution < -0.4 is 10.2 Å². The van der Waals surface area contributed by atoms with Gasteiger partial charge < -0.3 is 15.3 Å². The van der Waals surface area contributed by atoms with Crippen molar-refractivity contribution in [3.63, 3.8) is 0 Å². The van der Waals surface area contributed by atoms with Crippen LogP contribution in [0.2, 0.25) is 5.02 Å². The molecule has 3 aromatic rings. The van der Waals surface area contributed by atoms with E-state index in [0.717, 1.165) is 24.3 Å². The third-order valence-electron chi connectivity index (χ3n) is 5.14. The van der Waals surface area contributed by atoms with Crippen LogP contribution in [0.1, 0.15) is 44.4 Å². The number of nitrogens with one attached hydrogen (secondary N) is 1. The Kier molecular flexibility index (Phi) is 6.60. The number of carbonyl (C=O) groups is 1. The average molecular weight is 412 g/mol. The predicted octanol–water partition coefficient (Wildman–Crippen LogP) is 5.06. The molecule has 3 rings (SSSR count). The second-order valence-electron chi connectivity index (χ2n) is 6.81. The van der Waals surface area contributed by atoms with Crippen molar-refractivity contribution in [1.82, 2.24) is 10.3 Å². The second kappa shape index (κ2) is 9.14. The lowest BCUT2D eigenvalue weighted by Crippen LogP contribution is -2.29. The summed E-state index contributed by atoms with van der Waals surface area (Å²) in [5, 5.41) is 15.1. The molecule has 1 aromatic heterocycles. The van der Waals surface area contributed by atoms with E-state index in [1.54, 1.807) is 25.3 Å². The number of nitrogens with zero attached hydrogens (tertiary/aromatic N) is 2. The number of amides is 1. The van der Waals surface area contributed by atoms with Gasteiger partial charge in [-0.1, -0.05) is 30.7 Å². The van der Waals surface area contributed by atoms with Crippen molar-refractivity contribution in [2.75, 3.05) is 18.0 Å². The number of carbonyl (C=O) groups excluding carboxylic acids is 1. The molecule has 2 aromatic carbocycles. The molecule has 0 saturated heterocycles. The number of phenols is 1. The molecule has 0 spiro atoms. The Morgan fingerprint density at radius 3 is 2.48 bits per heavy atom.